The molecule has 0 aliphatic rings. The minimum absolute atomic E-state index is 0.172. The summed E-state index contributed by atoms with van der Waals surface area (Å²) in [4.78, 5) is 0. The molecular formula is C19H20FN3OS. The zero-order chi connectivity index (χ0) is 17.6. The van der Waals surface area contributed by atoms with E-state index in [1.807, 2.05) is 37.3 Å². The lowest BCUT2D eigenvalue weighted by Crippen LogP contribution is -2.32. The lowest BCUT2D eigenvalue weighted by Gasteiger charge is -2.19. The molecule has 2 N–H and O–H groups in total. The largest absolute Gasteiger partial charge is 0.391 e. The zero-order valence-electron chi connectivity index (χ0n) is 13.9. The third-order valence-corrected chi connectivity index (χ3v) is 4.84. The molecule has 0 spiro atoms. The van der Waals surface area contributed by atoms with E-state index in [1.165, 1.54) is 17.4 Å². The maximum atomic E-state index is 13.7. The molecule has 0 radical (unpaired) electrons. The van der Waals surface area contributed by atoms with Gasteiger partial charge in [0, 0.05) is 12.8 Å². The Balaban J connectivity index is 1.58. The van der Waals surface area contributed by atoms with E-state index in [9.17, 15) is 9.50 Å². The second kappa shape index (κ2) is 8.18. The number of nitrogens with zero attached hydrogens (tertiary/aromatic N) is 2. The first-order valence-electron chi connectivity index (χ1n) is 8.16. The fourth-order valence-corrected chi connectivity index (χ4v) is 3.37. The summed E-state index contributed by atoms with van der Waals surface area (Å²) in [7, 11) is 0. The molecule has 6 heteroatoms. The van der Waals surface area contributed by atoms with Crippen LogP contribution in [0.4, 0.5) is 9.52 Å². The van der Waals surface area contributed by atoms with Crippen LogP contribution >= 0.6 is 11.3 Å². The normalized spacial score (nSPS) is 13.4. The Morgan fingerprint density at radius 2 is 1.80 bits per heavy atom. The van der Waals surface area contributed by atoms with Gasteiger partial charge in [-0.15, -0.1) is 10.2 Å². The molecule has 25 heavy (non-hydrogen) atoms. The number of aromatic nitrogens is 2. The topological polar surface area (TPSA) is 58.0 Å². The van der Waals surface area contributed by atoms with Crippen LogP contribution in [0.5, 0.6) is 0 Å². The lowest BCUT2D eigenvalue weighted by molar-refractivity contribution is 0.158. The van der Waals surface area contributed by atoms with Gasteiger partial charge in [0.05, 0.1) is 12.1 Å². The minimum Gasteiger partial charge on any atom is -0.391 e. The SMILES string of the molecule is CC(Nc1nnc(Cc2ccccc2F)s1)C(O)Cc1ccccc1. The van der Waals surface area contributed by atoms with Gasteiger partial charge >= 0.3 is 0 Å². The van der Waals surface area contributed by atoms with Crippen molar-refractivity contribution in [2.75, 3.05) is 5.32 Å². The van der Waals surface area contributed by atoms with Crippen molar-refractivity contribution in [3.05, 3.63) is 76.5 Å². The molecule has 4 nitrogen and oxygen atoms in total. The fraction of sp³-hybridized carbons (Fsp3) is 0.263. The van der Waals surface area contributed by atoms with Gasteiger partial charge in [0.2, 0.25) is 5.13 Å². The van der Waals surface area contributed by atoms with Gasteiger partial charge in [0.25, 0.3) is 0 Å². The Kier molecular flexibility index (Phi) is 5.73. The minimum atomic E-state index is -0.540. The summed E-state index contributed by atoms with van der Waals surface area (Å²) < 4.78 is 13.7. The molecule has 0 saturated carbocycles. The summed E-state index contributed by atoms with van der Waals surface area (Å²) in [5, 5.41) is 23.1. The lowest BCUT2D eigenvalue weighted by atomic mass is 10.0. The molecule has 3 aromatic rings. The van der Waals surface area contributed by atoms with E-state index < -0.39 is 6.10 Å². The first-order valence-corrected chi connectivity index (χ1v) is 8.98. The average molecular weight is 357 g/mol. The first kappa shape index (κ1) is 17.5. The van der Waals surface area contributed by atoms with Crippen molar-refractivity contribution in [3.8, 4) is 0 Å². The monoisotopic (exact) mass is 357 g/mol. The highest BCUT2D eigenvalue weighted by atomic mass is 32.1. The highest BCUT2D eigenvalue weighted by Crippen LogP contribution is 2.21. The smallest absolute Gasteiger partial charge is 0.205 e. The number of anilines is 1. The van der Waals surface area contributed by atoms with Crippen molar-refractivity contribution in [1.29, 1.82) is 0 Å². The van der Waals surface area contributed by atoms with Gasteiger partial charge in [-0.1, -0.05) is 59.9 Å². The van der Waals surface area contributed by atoms with Gasteiger partial charge in [-0.05, 0) is 24.1 Å². The molecule has 1 heterocycles. The van der Waals surface area contributed by atoms with E-state index in [4.69, 9.17) is 0 Å². The summed E-state index contributed by atoms with van der Waals surface area (Å²) in [5.41, 5.74) is 1.68. The van der Waals surface area contributed by atoms with E-state index in [0.717, 1.165) is 10.6 Å². The van der Waals surface area contributed by atoms with Crippen molar-refractivity contribution >= 4 is 16.5 Å². The number of halogens is 1. The molecule has 0 saturated heterocycles. The molecule has 2 atom stereocenters. The van der Waals surface area contributed by atoms with Crippen molar-refractivity contribution in [2.45, 2.75) is 31.9 Å². The van der Waals surface area contributed by atoms with Gasteiger partial charge in [-0.25, -0.2) is 4.39 Å². The van der Waals surface area contributed by atoms with Crippen LogP contribution in [-0.2, 0) is 12.8 Å². The molecule has 3 rings (SSSR count). The molecular weight excluding hydrogens is 337 g/mol. The van der Waals surface area contributed by atoms with E-state index in [1.54, 1.807) is 18.2 Å². The Morgan fingerprint density at radius 1 is 1.08 bits per heavy atom. The fourth-order valence-electron chi connectivity index (χ4n) is 2.51. The van der Waals surface area contributed by atoms with E-state index in [-0.39, 0.29) is 11.9 Å². The van der Waals surface area contributed by atoms with Crippen molar-refractivity contribution in [3.63, 3.8) is 0 Å². The highest BCUT2D eigenvalue weighted by Gasteiger charge is 2.17. The predicted molar refractivity (Wildman–Crippen MR) is 98.4 cm³/mol. The predicted octanol–water partition coefficient (Wildman–Crippen LogP) is 3.67. The quantitative estimate of drug-likeness (QED) is 0.677. The average Bonchev–Trinajstić information content (AvgIpc) is 3.05. The van der Waals surface area contributed by atoms with E-state index in [0.29, 0.717) is 23.5 Å². The third kappa shape index (κ3) is 4.84. The number of hydrogen-bond acceptors (Lipinski definition) is 5. The number of aliphatic hydroxyl groups excluding tert-OH is 1. The van der Waals surface area contributed by atoms with Crippen LogP contribution in [0.2, 0.25) is 0 Å². The van der Waals surface area contributed by atoms with Crippen molar-refractivity contribution < 1.29 is 9.50 Å². The zero-order valence-corrected chi connectivity index (χ0v) is 14.7. The van der Waals surface area contributed by atoms with Gasteiger partial charge in [0.15, 0.2) is 0 Å². The Labute approximate surface area is 150 Å². The Hall–Kier alpha value is -2.31. The molecule has 130 valence electrons. The van der Waals surface area contributed by atoms with E-state index in [2.05, 4.69) is 15.5 Å². The van der Waals surface area contributed by atoms with Gasteiger partial charge in [0.1, 0.15) is 10.8 Å². The molecule has 0 fully saturated rings. The third-order valence-electron chi connectivity index (χ3n) is 3.98. The second-order valence-corrected chi connectivity index (χ2v) is 7.02. The maximum Gasteiger partial charge on any atom is 0.205 e. The molecule has 0 aliphatic heterocycles. The molecule has 1 aromatic heterocycles. The summed E-state index contributed by atoms with van der Waals surface area (Å²) in [6.45, 7) is 1.91. The van der Waals surface area contributed by atoms with Gasteiger partial charge < -0.3 is 10.4 Å². The van der Waals surface area contributed by atoms with Crippen LogP contribution in [0, 0.1) is 5.82 Å². The van der Waals surface area contributed by atoms with Crippen LogP contribution in [0.3, 0.4) is 0 Å². The van der Waals surface area contributed by atoms with Crippen LogP contribution < -0.4 is 5.32 Å². The van der Waals surface area contributed by atoms with Gasteiger partial charge in [-0.3, -0.25) is 0 Å². The number of hydrogen-bond donors (Lipinski definition) is 2. The van der Waals surface area contributed by atoms with Crippen LogP contribution in [0.15, 0.2) is 54.6 Å². The number of rotatable bonds is 7. The number of nitrogens with one attached hydrogen (secondary N) is 1. The van der Waals surface area contributed by atoms with Crippen molar-refractivity contribution in [2.24, 2.45) is 0 Å². The Morgan fingerprint density at radius 3 is 2.56 bits per heavy atom. The number of benzene rings is 2. The molecule has 2 unspecified atom stereocenters. The highest BCUT2D eigenvalue weighted by molar-refractivity contribution is 7.15. The Bertz CT molecular complexity index is 809. The molecule has 2 aromatic carbocycles. The van der Waals surface area contributed by atoms with Crippen LogP contribution in [0.25, 0.3) is 0 Å². The second-order valence-electron chi connectivity index (χ2n) is 5.96. The summed E-state index contributed by atoms with van der Waals surface area (Å²) in [5.74, 6) is -0.237. The molecule has 0 bridgehead atoms. The summed E-state index contributed by atoms with van der Waals surface area (Å²) >= 11 is 1.38. The maximum absolute atomic E-state index is 13.7. The van der Waals surface area contributed by atoms with Crippen LogP contribution in [-0.4, -0.2) is 27.4 Å². The summed E-state index contributed by atoms with van der Waals surface area (Å²) in [6.07, 6.45) is 0.435. The number of aliphatic hydroxyl groups is 1. The standard InChI is InChI=1S/C19H20FN3OS/c1-13(17(24)11-14-7-3-2-4-8-14)21-19-23-22-18(25-19)12-15-9-5-6-10-16(15)20/h2-10,13,17,24H,11-12H2,1H3,(H,21,23). The van der Waals surface area contributed by atoms with Gasteiger partial charge in [-0.2, -0.15) is 0 Å². The van der Waals surface area contributed by atoms with E-state index >= 15 is 0 Å². The first-order chi connectivity index (χ1) is 12.1. The summed E-state index contributed by atoms with van der Waals surface area (Å²) in [6, 6.07) is 16.3. The molecule has 0 aliphatic carbocycles. The molecule has 0 amide bonds. The van der Waals surface area contributed by atoms with Crippen molar-refractivity contribution in [1.82, 2.24) is 10.2 Å². The van der Waals surface area contributed by atoms with Crippen LogP contribution in [0.1, 0.15) is 23.1 Å².